The van der Waals surface area contributed by atoms with Gasteiger partial charge in [0.15, 0.2) is 0 Å². The van der Waals surface area contributed by atoms with Crippen molar-refractivity contribution in [1.82, 2.24) is 15.0 Å². The molecule has 2 heterocycles. The molecular weight excluding hydrogens is 268 g/mol. The molecule has 7 heteroatoms. The van der Waals surface area contributed by atoms with E-state index in [-0.39, 0.29) is 18.1 Å². The summed E-state index contributed by atoms with van der Waals surface area (Å²) >= 11 is 0. The van der Waals surface area contributed by atoms with Crippen molar-refractivity contribution < 1.29 is 5.11 Å². The summed E-state index contributed by atoms with van der Waals surface area (Å²) in [6.07, 6.45) is 6.03. The standard InChI is InChI=1S/C14H24N6O/c1-19(10-6-2-3-7-11(10)21)13-16-12(15)17-14(18-13)20-8-4-5-9-20/h10-11,21H,2-9H2,1H3,(H2,15,16,17,18). The van der Waals surface area contributed by atoms with E-state index in [2.05, 4.69) is 19.9 Å². The molecule has 3 rings (SSSR count). The fraction of sp³-hybridized carbons (Fsp3) is 0.786. The van der Waals surface area contributed by atoms with Crippen LogP contribution in [0.3, 0.4) is 0 Å². The number of anilines is 3. The first kappa shape index (κ1) is 14.3. The molecule has 0 amide bonds. The smallest absolute Gasteiger partial charge is 0.232 e. The predicted molar refractivity (Wildman–Crippen MR) is 82.4 cm³/mol. The number of nitrogens with two attached hydrogens (primary N) is 1. The summed E-state index contributed by atoms with van der Waals surface area (Å²) in [6, 6.07) is 0.0620. The van der Waals surface area contributed by atoms with Crippen molar-refractivity contribution >= 4 is 17.8 Å². The Bertz CT molecular complexity index is 490. The summed E-state index contributed by atoms with van der Waals surface area (Å²) < 4.78 is 0. The van der Waals surface area contributed by atoms with Crippen LogP contribution in [0.15, 0.2) is 0 Å². The minimum atomic E-state index is -0.322. The molecule has 1 aliphatic heterocycles. The molecule has 0 spiro atoms. The molecule has 1 aromatic rings. The number of aliphatic hydroxyl groups is 1. The Balaban J connectivity index is 1.83. The predicted octanol–water partition coefficient (Wildman–Crippen LogP) is 0.794. The van der Waals surface area contributed by atoms with Crippen LogP contribution in [0.1, 0.15) is 38.5 Å². The van der Waals surface area contributed by atoms with E-state index in [1.54, 1.807) is 0 Å². The maximum Gasteiger partial charge on any atom is 0.232 e. The Morgan fingerprint density at radius 2 is 1.81 bits per heavy atom. The van der Waals surface area contributed by atoms with E-state index < -0.39 is 0 Å². The lowest BCUT2D eigenvalue weighted by Gasteiger charge is -2.35. The first-order valence-electron chi connectivity index (χ1n) is 7.82. The molecule has 2 atom stereocenters. The molecule has 2 unspecified atom stereocenters. The van der Waals surface area contributed by atoms with Crippen LogP contribution in [0.4, 0.5) is 17.8 Å². The van der Waals surface area contributed by atoms with Gasteiger partial charge in [0.1, 0.15) is 0 Å². The van der Waals surface area contributed by atoms with Crippen LogP contribution in [0, 0.1) is 0 Å². The molecule has 1 aliphatic carbocycles. The number of rotatable bonds is 3. The largest absolute Gasteiger partial charge is 0.391 e. The molecule has 1 aromatic heterocycles. The molecule has 21 heavy (non-hydrogen) atoms. The molecule has 0 aromatic carbocycles. The number of aromatic nitrogens is 3. The van der Waals surface area contributed by atoms with Gasteiger partial charge in [-0.15, -0.1) is 0 Å². The summed E-state index contributed by atoms with van der Waals surface area (Å²) in [4.78, 5) is 17.2. The number of nitrogen functional groups attached to an aromatic ring is 1. The third-order valence-corrected chi connectivity index (χ3v) is 4.52. The molecule has 0 radical (unpaired) electrons. The van der Waals surface area contributed by atoms with Crippen molar-refractivity contribution in [3.63, 3.8) is 0 Å². The second kappa shape index (κ2) is 6.01. The van der Waals surface area contributed by atoms with Crippen molar-refractivity contribution in [1.29, 1.82) is 0 Å². The van der Waals surface area contributed by atoms with Gasteiger partial charge in [0.05, 0.1) is 12.1 Å². The summed E-state index contributed by atoms with van der Waals surface area (Å²) in [7, 11) is 1.93. The minimum Gasteiger partial charge on any atom is -0.391 e. The van der Waals surface area contributed by atoms with Gasteiger partial charge < -0.3 is 20.6 Å². The zero-order valence-electron chi connectivity index (χ0n) is 12.6. The molecule has 3 N–H and O–H groups in total. The summed E-state index contributed by atoms with van der Waals surface area (Å²) in [5, 5.41) is 10.2. The van der Waals surface area contributed by atoms with Gasteiger partial charge in [0.2, 0.25) is 17.8 Å². The van der Waals surface area contributed by atoms with E-state index in [1.807, 2.05) is 11.9 Å². The van der Waals surface area contributed by atoms with E-state index in [4.69, 9.17) is 5.73 Å². The highest BCUT2D eigenvalue weighted by Crippen LogP contribution is 2.26. The molecule has 2 fully saturated rings. The molecule has 7 nitrogen and oxygen atoms in total. The average molecular weight is 292 g/mol. The second-order valence-electron chi connectivity index (χ2n) is 6.02. The fourth-order valence-corrected chi connectivity index (χ4v) is 3.28. The highest BCUT2D eigenvalue weighted by atomic mass is 16.3. The van der Waals surface area contributed by atoms with Gasteiger partial charge >= 0.3 is 0 Å². The molecule has 2 aliphatic rings. The zero-order chi connectivity index (χ0) is 14.8. The molecular formula is C14H24N6O. The summed E-state index contributed by atoms with van der Waals surface area (Å²) in [5.74, 6) is 1.47. The third-order valence-electron chi connectivity index (χ3n) is 4.52. The van der Waals surface area contributed by atoms with Crippen molar-refractivity contribution in [2.45, 2.75) is 50.7 Å². The zero-order valence-corrected chi connectivity index (χ0v) is 12.6. The highest BCUT2D eigenvalue weighted by molar-refractivity contribution is 5.44. The van der Waals surface area contributed by atoms with Gasteiger partial charge in [-0.2, -0.15) is 15.0 Å². The van der Waals surface area contributed by atoms with E-state index in [9.17, 15) is 5.11 Å². The summed E-state index contributed by atoms with van der Waals surface area (Å²) in [5.41, 5.74) is 5.85. The number of likely N-dealkylation sites (N-methyl/N-ethyl adjacent to an activating group) is 1. The van der Waals surface area contributed by atoms with Gasteiger partial charge in [0, 0.05) is 20.1 Å². The molecule has 116 valence electrons. The lowest BCUT2D eigenvalue weighted by atomic mass is 9.92. The van der Waals surface area contributed by atoms with Crippen molar-refractivity contribution in [2.24, 2.45) is 0 Å². The van der Waals surface area contributed by atoms with E-state index in [0.717, 1.165) is 51.6 Å². The van der Waals surface area contributed by atoms with Crippen LogP contribution < -0.4 is 15.5 Å². The van der Waals surface area contributed by atoms with Gasteiger partial charge in [-0.05, 0) is 25.7 Å². The fourth-order valence-electron chi connectivity index (χ4n) is 3.28. The minimum absolute atomic E-state index is 0.0620. The van der Waals surface area contributed by atoms with E-state index in [0.29, 0.717) is 11.9 Å². The van der Waals surface area contributed by atoms with E-state index in [1.165, 1.54) is 0 Å². The Kier molecular flexibility index (Phi) is 4.10. The third kappa shape index (κ3) is 3.02. The normalized spacial score (nSPS) is 26.1. The highest BCUT2D eigenvalue weighted by Gasteiger charge is 2.29. The van der Waals surface area contributed by atoms with Gasteiger partial charge in [-0.25, -0.2) is 0 Å². The van der Waals surface area contributed by atoms with Gasteiger partial charge in [-0.1, -0.05) is 12.8 Å². The van der Waals surface area contributed by atoms with E-state index >= 15 is 0 Å². The van der Waals surface area contributed by atoms with Crippen LogP contribution >= 0.6 is 0 Å². The van der Waals surface area contributed by atoms with Crippen LogP contribution in [-0.4, -0.2) is 52.3 Å². The average Bonchev–Trinajstić information content (AvgIpc) is 3.01. The molecule has 1 saturated heterocycles. The monoisotopic (exact) mass is 292 g/mol. The SMILES string of the molecule is CN(c1nc(N)nc(N2CCCC2)n1)C1CCCCC1O. The maximum absolute atomic E-state index is 10.2. The maximum atomic E-state index is 10.2. The van der Waals surface area contributed by atoms with Gasteiger partial charge in [0.25, 0.3) is 0 Å². The topological polar surface area (TPSA) is 91.4 Å². The van der Waals surface area contributed by atoms with Crippen LogP contribution in [-0.2, 0) is 0 Å². The molecule has 1 saturated carbocycles. The Hall–Kier alpha value is -1.63. The van der Waals surface area contributed by atoms with Crippen molar-refractivity contribution in [3.05, 3.63) is 0 Å². The molecule has 0 bridgehead atoms. The Morgan fingerprint density at radius 3 is 2.52 bits per heavy atom. The first-order valence-corrected chi connectivity index (χ1v) is 7.82. The first-order chi connectivity index (χ1) is 10.1. The van der Waals surface area contributed by atoms with Crippen molar-refractivity contribution in [2.75, 3.05) is 35.7 Å². The second-order valence-corrected chi connectivity index (χ2v) is 6.02. The van der Waals surface area contributed by atoms with Crippen molar-refractivity contribution in [3.8, 4) is 0 Å². The number of nitrogens with zero attached hydrogens (tertiary/aromatic N) is 5. The van der Waals surface area contributed by atoms with Gasteiger partial charge in [-0.3, -0.25) is 0 Å². The Labute approximate surface area is 125 Å². The lowest BCUT2D eigenvalue weighted by molar-refractivity contribution is 0.105. The summed E-state index contributed by atoms with van der Waals surface area (Å²) in [6.45, 7) is 1.94. The van der Waals surface area contributed by atoms with Crippen LogP contribution in [0.25, 0.3) is 0 Å². The van der Waals surface area contributed by atoms with Crippen LogP contribution in [0.2, 0.25) is 0 Å². The number of hydrogen-bond acceptors (Lipinski definition) is 7. The Morgan fingerprint density at radius 1 is 1.10 bits per heavy atom. The number of hydrogen-bond donors (Lipinski definition) is 2. The van der Waals surface area contributed by atoms with Crippen LogP contribution in [0.5, 0.6) is 0 Å². The number of aliphatic hydroxyl groups excluding tert-OH is 1. The quantitative estimate of drug-likeness (QED) is 0.851. The lowest BCUT2D eigenvalue weighted by Crippen LogP contribution is -2.44.